The van der Waals surface area contributed by atoms with Crippen LogP contribution in [0.3, 0.4) is 0 Å². The van der Waals surface area contributed by atoms with Crippen molar-refractivity contribution in [1.29, 1.82) is 0 Å². The molecule has 0 saturated carbocycles. The summed E-state index contributed by atoms with van der Waals surface area (Å²) in [5.74, 6) is -8.05. The van der Waals surface area contributed by atoms with E-state index >= 15 is 0 Å². The summed E-state index contributed by atoms with van der Waals surface area (Å²) < 4.78 is 97.6. The Morgan fingerprint density at radius 3 is 2.00 bits per heavy atom. The van der Waals surface area contributed by atoms with E-state index in [9.17, 15) is 26.3 Å². The van der Waals surface area contributed by atoms with E-state index in [0.717, 1.165) is 43.0 Å². The van der Waals surface area contributed by atoms with E-state index in [1.807, 2.05) is 13.8 Å². The van der Waals surface area contributed by atoms with Crippen molar-refractivity contribution in [3.05, 3.63) is 82.4 Å². The number of rotatable bonds is 10. The molecule has 0 aliphatic rings. The monoisotopic (exact) mass is 496 g/mol. The van der Waals surface area contributed by atoms with Gasteiger partial charge in [0, 0.05) is 0 Å². The molecular formula is C27H26F6O2. The molecule has 0 atom stereocenters. The van der Waals surface area contributed by atoms with Crippen LogP contribution < -0.4 is 9.47 Å². The predicted molar refractivity (Wildman–Crippen MR) is 122 cm³/mol. The van der Waals surface area contributed by atoms with Crippen molar-refractivity contribution >= 4 is 0 Å². The first-order chi connectivity index (χ1) is 16.6. The van der Waals surface area contributed by atoms with E-state index in [0.29, 0.717) is 12.0 Å². The molecule has 0 aromatic heterocycles. The zero-order valence-electron chi connectivity index (χ0n) is 19.7. The van der Waals surface area contributed by atoms with Crippen molar-refractivity contribution in [3.8, 4) is 22.6 Å². The van der Waals surface area contributed by atoms with Crippen molar-refractivity contribution in [1.82, 2.24) is 0 Å². The number of benzene rings is 3. The number of halogens is 6. The van der Waals surface area contributed by atoms with Gasteiger partial charge >= 0.3 is 6.11 Å². The molecule has 0 N–H and O–H groups in total. The molecule has 3 aromatic rings. The predicted octanol–water partition coefficient (Wildman–Crippen LogP) is 8.48. The Morgan fingerprint density at radius 2 is 1.43 bits per heavy atom. The molecule has 0 saturated heterocycles. The van der Waals surface area contributed by atoms with E-state index in [1.54, 1.807) is 24.3 Å². The van der Waals surface area contributed by atoms with Gasteiger partial charge in [0.1, 0.15) is 17.2 Å². The number of alkyl halides is 2. The van der Waals surface area contributed by atoms with E-state index in [1.165, 1.54) is 6.92 Å². The standard InChI is InChI=1S/C27H26F6O2/c1-4-6-12-34-22-13-16(3)26(25(31)24(22)30)35-27(32,33)23-20(28)14-19(15-21(23)29)18-10-8-17(7-5-2)9-11-18/h8-11,13-15H,4-7,12H2,1-3H3. The average Bonchev–Trinajstić information content (AvgIpc) is 2.80. The van der Waals surface area contributed by atoms with Gasteiger partial charge in [-0.1, -0.05) is 51.0 Å². The summed E-state index contributed by atoms with van der Waals surface area (Å²) in [5.41, 5.74) is -0.420. The maximum absolute atomic E-state index is 14.9. The minimum atomic E-state index is -4.62. The van der Waals surface area contributed by atoms with Crippen molar-refractivity contribution < 1.29 is 35.8 Å². The molecule has 0 radical (unpaired) electrons. The molecule has 35 heavy (non-hydrogen) atoms. The third-order valence-electron chi connectivity index (χ3n) is 5.46. The SMILES string of the molecule is CCCCOc1cc(C)c(OC(F)(F)c2c(F)cc(-c3ccc(CCC)cc3)cc2F)c(F)c1F. The van der Waals surface area contributed by atoms with E-state index in [4.69, 9.17) is 4.74 Å². The van der Waals surface area contributed by atoms with Gasteiger partial charge in [-0.3, -0.25) is 0 Å². The van der Waals surface area contributed by atoms with Crippen LogP contribution in [-0.4, -0.2) is 6.61 Å². The molecular weight excluding hydrogens is 470 g/mol. The van der Waals surface area contributed by atoms with E-state index in [2.05, 4.69) is 4.74 Å². The third-order valence-corrected chi connectivity index (χ3v) is 5.46. The quantitative estimate of drug-likeness (QED) is 0.207. The van der Waals surface area contributed by atoms with Crippen LogP contribution in [0.4, 0.5) is 26.3 Å². The highest BCUT2D eigenvalue weighted by atomic mass is 19.3. The van der Waals surface area contributed by atoms with Crippen LogP contribution in [-0.2, 0) is 12.5 Å². The molecule has 0 bridgehead atoms. The lowest BCUT2D eigenvalue weighted by atomic mass is 10.00. The molecule has 2 nitrogen and oxygen atoms in total. The lowest BCUT2D eigenvalue weighted by Gasteiger charge is -2.22. The topological polar surface area (TPSA) is 18.5 Å². The highest BCUT2D eigenvalue weighted by molar-refractivity contribution is 5.64. The minimum absolute atomic E-state index is 0.0459. The molecule has 0 unspecified atom stereocenters. The number of hydrogen-bond acceptors (Lipinski definition) is 2. The number of aryl methyl sites for hydroxylation is 2. The van der Waals surface area contributed by atoms with Crippen LogP contribution in [0, 0.1) is 30.2 Å². The van der Waals surface area contributed by atoms with Crippen LogP contribution in [0.2, 0.25) is 0 Å². The molecule has 3 rings (SSSR count). The van der Waals surface area contributed by atoms with Gasteiger partial charge in [-0.15, -0.1) is 0 Å². The fourth-order valence-corrected chi connectivity index (χ4v) is 3.61. The molecule has 188 valence electrons. The second-order valence-electron chi connectivity index (χ2n) is 8.23. The fourth-order valence-electron chi connectivity index (χ4n) is 3.61. The number of unbranched alkanes of at least 4 members (excludes halogenated alkanes) is 1. The lowest BCUT2D eigenvalue weighted by Crippen LogP contribution is -2.26. The Kier molecular flexibility index (Phi) is 8.35. The zero-order valence-corrected chi connectivity index (χ0v) is 19.7. The molecule has 0 aliphatic heterocycles. The van der Waals surface area contributed by atoms with Gasteiger partial charge in [-0.2, -0.15) is 17.6 Å². The Hall–Kier alpha value is -3.16. The summed E-state index contributed by atoms with van der Waals surface area (Å²) in [6.07, 6.45) is -1.55. The highest BCUT2D eigenvalue weighted by Gasteiger charge is 2.42. The van der Waals surface area contributed by atoms with Gasteiger partial charge in [-0.25, -0.2) is 8.78 Å². The van der Waals surface area contributed by atoms with Gasteiger partial charge < -0.3 is 9.47 Å². The summed E-state index contributed by atoms with van der Waals surface area (Å²) in [6, 6.07) is 9.35. The number of ether oxygens (including phenoxy) is 2. The van der Waals surface area contributed by atoms with Crippen LogP contribution >= 0.6 is 0 Å². The van der Waals surface area contributed by atoms with E-state index < -0.39 is 46.4 Å². The van der Waals surface area contributed by atoms with Gasteiger partial charge in [0.05, 0.1) is 6.61 Å². The normalized spacial score (nSPS) is 11.6. The Morgan fingerprint density at radius 1 is 0.800 bits per heavy atom. The van der Waals surface area contributed by atoms with Crippen LogP contribution in [0.15, 0.2) is 42.5 Å². The summed E-state index contributed by atoms with van der Waals surface area (Å²) in [4.78, 5) is 0. The molecule has 0 heterocycles. The van der Waals surface area contributed by atoms with Gasteiger partial charge in [0.15, 0.2) is 11.5 Å². The summed E-state index contributed by atoms with van der Waals surface area (Å²) in [7, 11) is 0. The smallest absolute Gasteiger partial charge is 0.432 e. The Bertz CT molecular complexity index is 1150. The second kappa shape index (κ2) is 11.1. The van der Waals surface area contributed by atoms with Crippen LogP contribution in [0.5, 0.6) is 11.5 Å². The molecule has 0 fully saturated rings. The fraction of sp³-hybridized carbons (Fsp3) is 0.333. The Labute approximate surface area is 200 Å². The summed E-state index contributed by atoms with van der Waals surface area (Å²) in [6.45, 7) is 5.18. The minimum Gasteiger partial charge on any atom is -0.490 e. The summed E-state index contributed by atoms with van der Waals surface area (Å²) >= 11 is 0. The lowest BCUT2D eigenvalue weighted by molar-refractivity contribution is -0.191. The molecule has 3 aromatic carbocycles. The number of hydrogen-bond donors (Lipinski definition) is 0. The molecule has 8 heteroatoms. The van der Waals surface area contributed by atoms with Crippen molar-refractivity contribution in [3.63, 3.8) is 0 Å². The summed E-state index contributed by atoms with van der Waals surface area (Å²) in [5, 5.41) is 0. The van der Waals surface area contributed by atoms with Crippen LogP contribution in [0.25, 0.3) is 11.1 Å². The van der Waals surface area contributed by atoms with Crippen molar-refractivity contribution in [2.75, 3.05) is 6.61 Å². The van der Waals surface area contributed by atoms with Crippen molar-refractivity contribution in [2.45, 2.75) is 52.6 Å². The van der Waals surface area contributed by atoms with Gasteiger partial charge in [0.25, 0.3) is 0 Å². The first-order valence-corrected chi connectivity index (χ1v) is 11.4. The first-order valence-electron chi connectivity index (χ1n) is 11.4. The Balaban J connectivity index is 1.91. The molecule has 0 aliphatic carbocycles. The largest absolute Gasteiger partial charge is 0.490 e. The zero-order chi connectivity index (χ0) is 25.8. The van der Waals surface area contributed by atoms with Crippen molar-refractivity contribution in [2.24, 2.45) is 0 Å². The maximum atomic E-state index is 14.9. The molecule has 0 amide bonds. The van der Waals surface area contributed by atoms with E-state index in [-0.39, 0.29) is 17.7 Å². The van der Waals surface area contributed by atoms with Gasteiger partial charge in [0.2, 0.25) is 11.6 Å². The maximum Gasteiger partial charge on any atom is 0.432 e. The third kappa shape index (κ3) is 5.92. The second-order valence-corrected chi connectivity index (χ2v) is 8.23. The molecule has 0 spiro atoms. The van der Waals surface area contributed by atoms with Crippen LogP contribution in [0.1, 0.15) is 49.8 Å². The highest BCUT2D eigenvalue weighted by Crippen LogP contribution is 2.40. The first kappa shape index (κ1) is 26.4. The van der Waals surface area contributed by atoms with Gasteiger partial charge in [-0.05, 0) is 60.2 Å². The average molecular weight is 496 g/mol.